The lowest BCUT2D eigenvalue weighted by Gasteiger charge is -2.25. The quantitative estimate of drug-likeness (QED) is 0.464. The lowest BCUT2D eigenvalue weighted by atomic mass is 10.2. The van der Waals surface area contributed by atoms with Gasteiger partial charge in [0.2, 0.25) is 10.0 Å². The maximum absolute atomic E-state index is 12.6. The average molecular weight is 314 g/mol. The van der Waals surface area contributed by atoms with Crippen LogP contribution in [0.1, 0.15) is 19.8 Å². The highest BCUT2D eigenvalue weighted by Crippen LogP contribution is 2.37. The average Bonchev–Trinajstić information content (AvgIpc) is 3.29. The third-order valence-electron chi connectivity index (χ3n) is 3.86. The van der Waals surface area contributed by atoms with E-state index in [0.29, 0.717) is 5.92 Å². The number of nitrogens with one attached hydrogen (secondary N) is 1. The molecular weight excluding hydrogens is 296 g/mol. The van der Waals surface area contributed by atoms with Crippen LogP contribution in [0, 0.1) is 16.0 Å². The molecule has 1 aromatic carbocycles. The Labute approximate surface area is 123 Å². The third-order valence-corrected chi connectivity index (χ3v) is 5.87. The van der Waals surface area contributed by atoms with E-state index in [1.54, 1.807) is 0 Å². The number of nitrogens with zero attached hydrogens (tertiary/aromatic N) is 2. The van der Waals surface area contributed by atoms with Gasteiger partial charge in [-0.3, -0.25) is 16.0 Å². The Morgan fingerprint density at radius 1 is 1.48 bits per heavy atom. The molecule has 8 nitrogen and oxygen atoms in total. The summed E-state index contributed by atoms with van der Waals surface area (Å²) in [4.78, 5) is 10.1. The maximum Gasteiger partial charge on any atom is 0.271 e. The van der Waals surface area contributed by atoms with Crippen LogP contribution in [0.2, 0.25) is 0 Å². The van der Waals surface area contributed by atoms with E-state index in [-0.39, 0.29) is 22.3 Å². The first-order valence-corrected chi connectivity index (χ1v) is 7.96. The molecule has 0 spiro atoms. The van der Waals surface area contributed by atoms with Crippen molar-refractivity contribution in [3.05, 3.63) is 28.3 Å². The fraction of sp³-hybridized carbons (Fsp3) is 0.500. The van der Waals surface area contributed by atoms with Crippen LogP contribution in [-0.2, 0) is 10.0 Å². The molecular formula is C12H18N4O4S. The Morgan fingerprint density at radius 2 is 2.10 bits per heavy atom. The predicted octanol–water partition coefficient (Wildman–Crippen LogP) is 1.30. The van der Waals surface area contributed by atoms with Crippen molar-refractivity contribution in [3.63, 3.8) is 0 Å². The fourth-order valence-electron chi connectivity index (χ4n) is 2.22. The van der Waals surface area contributed by atoms with Gasteiger partial charge in [-0.25, -0.2) is 8.42 Å². The normalized spacial score (nSPS) is 16.8. The number of non-ortho nitro benzene ring substituents is 1. The summed E-state index contributed by atoms with van der Waals surface area (Å²) in [6.45, 7) is 1.86. The molecule has 0 aromatic heterocycles. The second kappa shape index (κ2) is 5.58. The molecule has 0 aliphatic heterocycles. The van der Waals surface area contributed by atoms with E-state index in [1.807, 2.05) is 6.92 Å². The summed E-state index contributed by atoms with van der Waals surface area (Å²) in [6, 6.07) is 3.36. The number of anilines is 1. The van der Waals surface area contributed by atoms with Gasteiger partial charge < -0.3 is 5.43 Å². The van der Waals surface area contributed by atoms with E-state index in [2.05, 4.69) is 5.43 Å². The van der Waals surface area contributed by atoms with Crippen LogP contribution < -0.4 is 11.3 Å². The molecule has 1 aliphatic carbocycles. The molecule has 1 unspecified atom stereocenters. The Hall–Kier alpha value is -1.71. The second-order valence-electron chi connectivity index (χ2n) is 5.18. The van der Waals surface area contributed by atoms with Crippen molar-refractivity contribution in [2.75, 3.05) is 12.5 Å². The SMILES string of the molecule is CC(C1CC1)N(C)S(=O)(=O)c1ccc([N+](=O)[O-])cc1NN. The first-order chi connectivity index (χ1) is 9.78. The lowest BCUT2D eigenvalue weighted by molar-refractivity contribution is -0.384. The summed E-state index contributed by atoms with van der Waals surface area (Å²) in [5.41, 5.74) is 2.02. The number of nitrogens with two attached hydrogens (primary N) is 1. The summed E-state index contributed by atoms with van der Waals surface area (Å²) in [5, 5.41) is 10.7. The van der Waals surface area contributed by atoms with Crippen LogP contribution in [0.3, 0.4) is 0 Å². The number of sulfonamides is 1. The molecule has 3 N–H and O–H groups in total. The van der Waals surface area contributed by atoms with Crippen LogP contribution in [-0.4, -0.2) is 30.7 Å². The molecule has 1 aromatic rings. The molecule has 9 heteroatoms. The highest BCUT2D eigenvalue weighted by molar-refractivity contribution is 7.89. The minimum Gasteiger partial charge on any atom is -0.323 e. The Bertz CT molecular complexity index is 657. The van der Waals surface area contributed by atoms with Crippen molar-refractivity contribution in [1.29, 1.82) is 0 Å². The first kappa shape index (κ1) is 15.7. The minimum atomic E-state index is -3.76. The lowest BCUT2D eigenvalue weighted by Crippen LogP contribution is -2.36. The number of benzene rings is 1. The standard InChI is InChI=1S/C12H18N4O4S/c1-8(9-3-4-9)15(2)21(19,20)12-6-5-10(16(17)18)7-11(12)14-13/h5-9,14H,3-4,13H2,1-2H3. The number of rotatable bonds is 6. The smallest absolute Gasteiger partial charge is 0.271 e. The van der Waals surface area contributed by atoms with Crippen molar-refractivity contribution in [2.24, 2.45) is 11.8 Å². The van der Waals surface area contributed by atoms with Gasteiger partial charge in [-0.1, -0.05) is 0 Å². The molecule has 0 radical (unpaired) electrons. The predicted molar refractivity (Wildman–Crippen MR) is 78.0 cm³/mol. The van der Waals surface area contributed by atoms with Crippen molar-refractivity contribution in [1.82, 2.24) is 4.31 Å². The van der Waals surface area contributed by atoms with Gasteiger partial charge in [-0.15, -0.1) is 0 Å². The van der Waals surface area contributed by atoms with E-state index in [0.717, 1.165) is 25.0 Å². The van der Waals surface area contributed by atoms with Crippen molar-refractivity contribution >= 4 is 21.4 Å². The molecule has 1 atom stereocenters. The fourth-order valence-corrected chi connectivity index (χ4v) is 3.77. The summed E-state index contributed by atoms with van der Waals surface area (Å²) < 4.78 is 26.6. The zero-order valence-electron chi connectivity index (χ0n) is 11.8. The molecule has 1 aliphatic rings. The van der Waals surface area contributed by atoms with Gasteiger partial charge in [0.25, 0.3) is 5.69 Å². The highest BCUT2D eigenvalue weighted by atomic mass is 32.2. The van der Waals surface area contributed by atoms with Crippen molar-refractivity contribution < 1.29 is 13.3 Å². The Morgan fingerprint density at radius 3 is 2.57 bits per heavy atom. The molecule has 21 heavy (non-hydrogen) atoms. The third kappa shape index (κ3) is 2.99. The highest BCUT2D eigenvalue weighted by Gasteiger charge is 2.37. The Balaban J connectivity index is 2.41. The maximum atomic E-state index is 12.6. The summed E-state index contributed by atoms with van der Waals surface area (Å²) >= 11 is 0. The number of nitro groups is 1. The largest absolute Gasteiger partial charge is 0.323 e. The second-order valence-corrected chi connectivity index (χ2v) is 7.15. The monoisotopic (exact) mass is 314 g/mol. The van der Waals surface area contributed by atoms with Crippen LogP contribution >= 0.6 is 0 Å². The van der Waals surface area contributed by atoms with Crippen molar-refractivity contribution in [3.8, 4) is 0 Å². The van der Waals surface area contributed by atoms with Crippen LogP contribution in [0.4, 0.5) is 11.4 Å². The van der Waals surface area contributed by atoms with Gasteiger partial charge in [0, 0.05) is 25.2 Å². The zero-order valence-corrected chi connectivity index (χ0v) is 12.6. The van der Waals surface area contributed by atoms with E-state index in [9.17, 15) is 18.5 Å². The van der Waals surface area contributed by atoms with Gasteiger partial charge in [-0.05, 0) is 31.7 Å². The van der Waals surface area contributed by atoms with E-state index in [4.69, 9.17) is 5.84 Å². The molecule has 0 amide bonds. The number of hydrogen-bond donors (Lipinski definition) is 2. The first-order valence-electron chi connectivity index (χ1n) is 6.52. The van der Waals surface area contributed by atoms with Crippen molar-refractivity contribution in [2.45, 2.75) is 30.7 Å². The molecule has 0 saturated heterocycles. The molecule has 116 valence electrons. The molecule has 2 rings (SSSR count). The number of hydrogen-bond acceptors (Lipinski definition) is 6. The Kier molecular flexibility index (Phi) is 4.17. The van der Waals surface area contributed by atoms with E-state index in [1.165, 1.54) is 17.4 Å². The number of hydrazine groups is 1. The topological polar surface area (TPSA) is 119 Å². The van der Waals surface area contributed by atoms with Crippen LogP contribution in [0.5, 0.6) is 0 Å². The van der Waals surface area contributed by atoms with E-state index >= 15 is 0 Å². The molecule has 0 heterocycles. The number of nitrogen functional groups attached to an aromatic ring is 1. The molecule has 1 fully saturated rings. The summed E-state index contributed by atoms with van der Waals surface area (Å²) in [6.07, 6.45) is 2.03. The van der Waals surface area contributed by atoms with Crippen LogP contribution in [0.15, 0.2) is 23.1 Å². The minimum absolute atomic E-state index is 0.0130. The van der Waals surface area contributed by atoms with Gasteiger partial charge >= 0.3 is 0 Å². The molecule has 0 bridgehead atoms. The summed E-state index contributed by atoms with van der Waals surface area (Å²) in [7, 11) is -2.25. The van der Waals surface area contributed by atoms with Gasteiger partial charge in [0.15, 0.2) is 0 Å². The summed E-state index contributed by atoms with van der Waals surface area (Å²) in [5.74, 6) is 5.68. The van der Waals surface area contributed by atoms with E-state index < -0.39 is 14.9 Å². The number of nitro benzene ring substituents is 1. The van der Waals surface area contributed by atoms with Gasteiger partial charge in [0.1, 0.15) is 4.90 Å². The van der Waals surface area contributed by atoms with Gasteiger partial charge in [-0.2, -0.15) is 4.31 Å². The zero-order chi connectivity index (χ0) is 15.8. The molecule has 1 saturated carbocycles. The van der Waals surface area contributed by atoms with Gasteiger partial charge in [0.05, 0.1) is 10.6 Å². The van der Waals surface area contributed by atoms with Crippen LogP contribution in [0.25, 0.3) is 0 Å².